The van der Waals surface area contributed by atoms with Gasteiger partial charge < -0.3 is 15.1 Å². The zero-order valence-electron chi connectivity index (χ0n) is 10.3. The van der Waals surface area contributed by atoms with Crippen LogP contribution < -0.4 is 4.90 Å². The van der Waals surface area contributed by atoms with E-state index in [4.69, 9.17) is 0 Å². The molecule has 0 aromatic heterocycles. The molecule has 3 nitrogen and oxygen atoms in total. The van der Waals surface area contributed by atoms with Crippen molar-refractivity contribution in [2.75, 3.05) is 4.90 Å². The first-order valence-corrected chi connectivity index (χ1v) is 5.47. The predicted molar refractivity (Wildman–Crippen MR) is 70.8 cm³/mol. The summed E-state index contributed by atoms with van der Waals surface area (Å²) >= 11 is 0. The molecule has 0 radical (unpaired) electrons. The Morgan fingerprint density at radius 3 is 1.76 bits per heavy atom. The van der Waals surface area contributed by atoms with Crippen molar-refractivity contribution in [3.05, 3.63) is 54.6 Å². The Kier molecular flexibility index (Phi) is 4.49. The number of aryl methyl sites for hydroxylation is 2. The van der Waals surface area contributed by atoms with Crippen molar-refractivity contribution in [1.29, 1.82) is 0 Å². The Bertz CT molecular complexity index is 380. The lowest BCUT2D eigenvalue weighted by Gasteiger charge is -2.31. The minimum Gasteiger partial charge on any atom is -0.370 e. The molecule has 92 valence electrons. The molecule has 2 N–H and O–H groups in total. The summed E-state index contributed by atoms with van der Waals surface area (Å²) in [4.78, 5) is 1.44. The normalized spacial score (nSPS) is 13.9. The number of rotatable bonds is 5. The summed E-state index contributed by atoms with van der Waals surface area (Å²) < 4.78 is 0. The molecule has 0 amide bonds. The zero-order valence-corrected chi connectivity index (χ0v) is 10.3. The summed E-state index contributed by atoms with van der Waals surface area (Å²) in [5.41, 5.74) is 2.87. The van der Waals surface area contributed by atoms with Crippen LogP contribution in [0.4, 0.5) is 5.69 Å². The van der Waals surface area contributed by atoms with Crippen LogP contribution in [0.2, 0.25) is 0 Å². The minimum absolute atomic E-state index is 0.738. The summed E-state index contributed by atoms with van der Waals surface area (Å²) in [5, 5.41) is 19.7. The Morgan fingerprint density at radius 2 is 1.41 bits per heavy atom. The number of nitrogens with zero attached hydrogens (tertiary/aromatic N) is 1. The van der Waals surface area contributed by atoms with Gasteiger partial charge in [0.25, 0.3) is 0 Å². The molecule has 1 rings (SSSR count). The molecule has 0 aliphatic rings. The number of aliphatic hydroxyl groups is 2. The SMILES string of the molecule is C=CC(O)N(c1cc(C)cc(C)c1)C(O)C=C. The van der Waals surface area contributed by atoms with E-state index in [9.17, 15) is 10.2 Å². The van der Waals surface area contributed by atoms with Gasteiger partial charge in [-0.25, -0.2) is 0 Å². The molecule has 3 heteroatoms. The van der Waals surface area contributed by atoms with Crippen molar-refractivity contribution >= 4 is 5.69 Å². The molecule has 1 aromatic rings. The van der Waals surface area contributed by atoms with Gasteiger partial charge in [0.1, 0.15) is 12.5 Å². The first-order chi connectivity index (χ1) is 7.99. The molecule has 0 bridgehead atoms. The fourth-order valence-electron chi connectivity index (χ4n) is 1.79. The Morgan fingerprint density at radius 1 is 1.00 bits per heavy atom. The van der Waals surface area contributed by atoms with Gasteiger partial charge in [0.15, 0.2) is 0 Å². The maximum atomic E-state index is 9.85. The molecule has 0 aliphatic heterocycles. The summed E-state index contributed by atoms with van der Waals surface area (Å²) in [5.74, 6) is 0. The molecular formula is C14H19NO2. The first-order valence-electron chi connectivity index (χ1n) is 5.47. The van der Waals surface area contributed by atoms with E-state index in [0.717, 1.165) is 16.8 Å². The van der Waals surface area contributed by atoms with Crippen molar-refractivity contribution in [3.63, 3.8) is 0 Å². The van der Waals surface area contributed by atoms with E-state index < -0.39 is 12.5 Å². The fraction of sp³-hybridized carbons (Fsp3) is 0.286. The van der Waals surface area contributed by atoms with Crippen LogP contribution in [-0.4, -0.2) is 22.7 Å². The molecule has 0 saturated carbocycles. The van der Waals surface area contributed by atoms with Gasteiger partial charge >= 0.3 is 0 Å². The monoisotopic (exact) mass is 233 g/mol. The Hall–Kier alpha value is -1.58. The largest absolute Gasteiger partial charge is 0.370 e. The minimum atomic E-state index is -0.954. The van der Waals surface area contributed by atoms with Gasteiger partial charge in [0, 0.05) is 5.69 Å². The van der Waals surface area contributed by atoms with Crippen LogP contribution in [0.1, 0.15) is 11.1 Å². The van der Waals surface area contributed by atoms with E-state index in [1.165, 1.54) is 17.1 Å². The highest BCUT2D eigenvalue weighted by molar-refractivity contribution is 5.53. The summed E-state index contributed by atoms with van der Waals surface area (Å²) in [7, 11) is 0. The van der Waals surface area contributed by atoms with Crippen LogP contribution >= 0.6 is 0 Å². The van der Waals surface area contributed by atoms with E-state index in [-0.39, 0.29) is 0 Å². The molecule has 2 atom stereocenters. The van der Waals surface area contributed by atoms with Crippen LogP contribution in [0.3, 0.4) is 0 Å². The number of aliphatic hydroxyl groups excluding tert-OH is 2. The molecule has 1 aromatic carbocycles. The average Bonchev–Trinajstić information content (AvgIpc) is 2.27. The van der Waals surface area contributed by atoms with Gasteiger partial charge in [-0.15, -0.1) is 0 Å². The van der Waals surface area contributed by atoms with Crippen molar-refractivity contribution in [2.45, 2.75) is 26.3 Å². The predicted octanol–water partition coefficient (Wildman–Crippen LogP) is 2.12. The molecule has 0 saturated heterocycles. The maximum Gasteiger partial charge on any atom is 0.148 e. The van der Waals surface area contributed by atoms with Crippen LogP contribution in [0.25, 0.3) is 0 Å². The van der Waals surface area contributed by atoms with Crippen molar-refractivity contribution in [2.24, 2.45) is 0 Å². The van der Waals surface area contributed by atoms with Crippen LogP contribution in [0.5, 0.6) is 0 Å². The number of anilines is 1. The second kappa shape index (κ2) is 5.66. The van der Waals surface area contributed by atoms with E-state index in [1.54, 1.807) is 0 Å². The van der Waals surface area contributed by atoms with E-state index in [2.05, 4.69) is 13.2 Å². The molecular weight excluding hydrogens is 214 g/mol. The maximum absolute atomic E-state index is 9.85. The summed E-state index contributed by atoms with van der Waals surface area (Å²) in [6.45, 7) is 11.0. The second-order valence-electron chi connectivity index (χ2n) is 4.05. The van der Waals surface area contributed by atoms with Crippen molar-refractivity contribution in [1.82, 2.24) is 0 Å². The van der Waals surface area contributed by atoms with Gasteiger partial charge in [0.05, 0.1) is 0 Å². The molecule has 2 unspecified atom stereocenters. The van der Waals surface area contributed by atoms with Gasteiger partial charge in [-0.05, 0) is 49.3 Å². The second-order valence-corrected chi connectivity index (χ2v) is 4.05. The number of hydrogen-bond acceptors (Lipinski definition) is 3. The standard InChI is InChI=1S/C14H19NO2/c1-5-13(16)15(14(17)6-2)12-8-10(3)7-11(4)9-12/h5-9,13-14,16-17H,1-2H2,3-4H3. The lowest BCUT2D eigenvalue weighted by molar-refractivity contribution is 0.136. The third-order valence-electron chi connectivity index (χ3n) is 2.50. The molecule has 0 heterocycles. The highest BCUT2D eigenvalue weighted by atomic mass is 16.3. The third-order valence-corrected chi connectivity index (χ3v) is 2.50. The van der Waals surface area contributed by atoms with E-state index in [0.29, 0.717) is 0 Å². The van der Waals surface area contributed by atoms with Crippen LogP contribution in [0.15, 0.2) is 43.5 Å². The molecule has 0 spiro atoms. The lowest BCUT2D eigenvalue weighted by atomic mass is 10.1. The number of hydrogen-bond donors (Lipinski definition) is 2. The van der Waals surface area contributed by atoms with Crippen LogP contribution in [0, 0.1) is 13.8 Å². The van der Waals surface area contributed by atoms with Gasteiger partial charge in [-0.1, -0.05) is 19.2 Å². The smallest absolute Gasteiger partial charge is 0.148 e. The highest BCUT2D eigenvalue weighted by Gasteiger charge is 2.19. The third kappa shape index (κ3) is 3.19. The molecule has 0 fully saturated rings. The summed E-state index contributed by atoms with van der Waals surface area (Å²) in [6, 6.07) is 5.82. The first kappa shape index (κ1) is 13.5. The van der Waals surface area contributed by atoms with Gasteiger partial charge in [-0.2, -0.15) is 0 Å². The van der Waals surface area contributed by atoms with Crippen LogP contribution in [-0.2, 0) is 0 Å². The summed E-state index contributed by atoms with van der Waals surface area (Å²) in [6.07, 6.45) is 0.822. The average molecular weight is 233 g/mol. The van der Waals surface area contributed by atoms with Crippen molar-refractivity contribution < 1.29 is 10.2 Å². The lowest BCUT2D eigenvalue weighted by Crippen LogP contribution is -2.41. The molecule has 17 heavy (non-hydrogen) atoms. The van der Waals surface area contributed by atoms with Gasteiger partial charge in [-0.3, -0.25) is 0 Å². The Labute approximate surface area is 102 Å². The van der Waals surface area contributed by atoms with Gasteiger partial charge in [0.2, 0.25) is 0 Å². The quantitative estimate of drug-likeness (QED) is 0.605. The highest BCUT2D eigenvalue weighted by Crippen LogP contribution is 2.22. The molecule has 0 aliphatic carbocycles. The fourth-order valence-corrected chi connectivity index (χ4v) is 1.79. The van der Waals surface area contributed by atoms with Crippen molar-refractivity contribution in [3.8, 4) is 0 Å². The number of benzene rings is 1. The van der Waals surface area contributed by atoms with E-state index in [1.807, 2.05) is 32.0 Å². The van der Waals surface area contributed by atoms with E-state index >= 15 is 0 Å². The Balaban J connectivity index is 3.20. The zero-order chi connectivity index (χ0) is 13.0. The topological polar surface area (TPSA) is 43.7 Å².